The van der Waals surface area contributed by atoms with Crippen LogP contribution in [0.4, 0.5) is 0 Å². The number of sulfone groups is 1. The number of amides is 1. The number of halogens is 1. The lowest BCUT2D eigenvalue weighted by molar-refractivity contribution is -0.121. The van der Waals surface area contributed by atoms with E-state index in [-0.39, 0.29) is 36.5 Å². The molecule has 1 aliphatic heterocycles. The average Bonchev–Trinajstić information content (AvgIpc) is 3.29. The molecule has 25 heavy (non-hydrogen) atoms. The molecule has 1 saturated carbocycles. The summed E-state index contributed by atoms with van der Waals surface area (Å²) in [7, 11) is -3.11. The van der Waals surface area contributed by atoms with Crippen molar-refractivity contribution in [3.63, 3.8) is 0 Å². The molecule has 7 nitrogen and oxygen atoms in total. The number of nitrogens with zero attached hydrogens (tertiary/aromatic N) is 3. The SMILES string of the molecule is CS(=O)(=O)CCC(=O)N[C@H]1CN(Cc2cncnc2)C[C@@H]1C1CC1.Cl. The lowest BCUT2D eigenvalue weighted by Crippen LogP contribution is -2.41. The number of hydrogen-bond donors (Lipinski definition) is 1. The number of carbonyl (C=O) groups excluding carboxylic acids is 1. The van der Waals surface area contributed by atoms with Gasteiger partial charge in [-0.05, 0) is 24.7 Å². The van der Waals surface area contributed by atoms with Crippen LogP contribution >= 0.6 is 12.4 Å². The first kappa shape index (κ1) is 20.1. The Morgan fingerprint density at radius 3 is 2.56 bits per heavy atom. The van der Waals surface area contributed by atoms with Crippen LogP contribution in [0.3, 0.4) is 0 Å². The molecule has 2 atom stereocenters. The molecule has 1 aliphatic carbocycles. The third-order valence-electron chi connectivity index (χ3n) is 4.73. The summed E-state index contributed by atoms with van der Waals surface area (Å²) < 4.78 is 22.4. The monoisotopic (exact) mass is 388 g/mol. The molecular weight excluding hydrogens is 364 g/mol. The standard InChI is InChI=1S/C16H24N4O3S.ClH/c1-24(22,23)5-4-16(21)19-15-10-20(9-14(15)13-2-3-13)8-12-6-17-11-18-7-12;/h6-7,11,13-15H,2-5,8-10H2,1H3,(H,19,21);1H/t14-,15+;/m1./s1. The molecule has 0 radical (unpaired) electrons. The average molecular weight is 389 g/mol. The number of likely N-dealkylation sites (tertiary alicyclic amines) is 1. The Hall–Kier alpha value is -1.25. The van der Waals surface area contributed by atoms with Gasteiger partial charge in [-0.1, -0.05) is 0 Å². The maximum absolute atomic E-state index is 12.1. The van der Waals surface area contributed by atoms with Gasteiger partial charge in [-0.2, -0.15) is 0 Å². The van der Waals surface area contributed by atoms with Crippen LogP contribution < -0.4 is 5.32 Å². The normalized spacial score (nSPS) is 23.9. The van der Waals surface area contributed by atoms with Crippen LogP contribution in [0.5, 0.6) is 0 Å². The Morgan fingerprint density at radius 1 is 1.28 bits per heavy atom. The maximum atomic E-state index is 12.1. The summed E-state index contributed by atoms with van der Waals surface area (Å²) in [6.45, 7) is 2.52. The van der Waals surface area contributed by atoms with Crippen molar-refractivity contribution in [3.8, 4) is 0 Å². The van der Waals surface area contributed by atoms with E-state index in [4.69, 9.17) is 0 Å². The van der Waals surface area contributed by atoms with Crippen LogP contribution in [0.2, 0.25) is 0 Å². The molecule has 2 aliphatic rings. The molecule has 140 valence electrons. The fraction of sp³-hybridized carbons (Fsp3) is 0.688. The van der Waals surface area contributed by atoms with E-state index in [0.717, 1.165) is 31.5 Å². The van der Waals surface area contributed by atoms with Crippen molar-refractivity contribution in [2.75, 3.05) is 25.1 Å². The van der Waals surface area contributed by atoms with E-state index in [1.165, 1.54) is 19.2 Å². The zero-order valence-corrected chi connectivity index (χ0v) is 15.9. The second-order valence-electron chi connectivity index (χ2n) is 7.00. The van der Waals surface area contributed by atoms with Gasteiger partial charge in [-0.15, -0.1) is 12.4 Å². The van der Waals surface area contributed by atoms with Gasteiger partial charge in [0.05, 0.1) is 5.75 Å². The summed E-state index contributed by atoms with van der Waals surface area (Å²) in [6.07, 6.45) is 8.80. The third kappa shape index (κ3) is 6.20. The first-order chi connectivity index (χ1) is 11.4. The Labute approximate surface area is 154 Å². The molecular formula is C16H25ClN4O3S. The number of carbonyl (C=O) groups is 1. The molecule has 1 saturated heterocycles. The summed E-state index contributed by atoms with van der Waals surface area (Å²) in [4.78, 5) is 22.5. The van der Waals surface area contributed by atoms with Crippen LogP contribution in [-0.4, -0.2) is 60.3 Å². The highest BCUT2D eigenvalue weighted by atomic mass is 35.5. The minimum atomic E-state index is -3.11. The molecule has 0 unspecified atom stereocenters. The van der Waals surface area contributed by atoms with Gasteiger partial charge in [-0.25, -0.2) is 18.4 Å². The van der Waals surface area contributed by atoms with Gasteiger partial charge in [-0.3, -0.25) is 9.69 Å². The van der Waals surface area contributed by atoms with E-state index < -0.39 is 9.84 Å². The molecule has 3 rings (SSSR count). The van der Waals surface area contributed by atoms with Gasteiger partial charge < -0.3 is 5.32 Å². The Bertz CT molecular complexity index is 682. The minimum absolute atomic E-state index is 0. The number of rotatable bonds is 7. The number of aromatic nitrogens is 2. The zero-order chi connectivity index (χ0) is 17.2. The fourth-order valence-electron chi connectivity index (χ4n) is 3.42. The van der Waals surface area contributed by atoms with Crippen molar-refractivity contribution in [2.45, 2.75) is 31.8 Å². The summed E-state index contributed by atoms with van der Waals surface area (Å²) in [5.41, 5.74) is 1.07. The lowest BCUT2D eigenvalue weighted by Gasteiger charge is -2.19. The van der Waals surface area contributed by atoms with E-state index in [2.05, 4.69) is 20.2 Å². The number of hydrogen-bond acceptors (Lipinski definition) is 6. The zero-order valence-electron chi connectivity index (χ0n) is 14.3. The molecule has 0 aromatic carbocycles. The first-order valence-electron chi connectivity index (χ1n) is 8.34. The van der Waals surface area contributed by atoms with Gasteiger partial charge in [0.2, 0.25) is 5.91 Å². The van der Waals surface area contributed by atoms with Crippen LogP contribution in [0.25, 0.3) is 0 Å². The Morgan fingerprint density at radius 2 is 1.96 bits per heavy atom. The Kier molecular flexibility index (Phi) is 6.76. The van der Waals surface area contributed by atoms with Crippen LogP contribution in [0.15, 0.2) is 18.7 Å². The summed E-state index contributed by atoms with van der Waals surface area (Å²) >= 11 is 0. The predicted octanol–water partition coefficient (Wildman–Crippen LogP) is 0.660. The molecule has 1 aromatic heterocycles. The maximum Gasteiger partial charge on any atom is 0.221 e. The predicted molar refractivity (Wildman–Crippen MR) is 97.0 cm³/mol. The van der Waals surface area contributed by atoms with Gasteiger partial charge in [0.15, 0.2) is 0 Å². The van der Waals surface area contributed by atoms with Crippen molar-refractivity contribution < 1.29 is 13.2 Å². The van der Waals surface area contributed by atoms with Gasteiger partial charge in [0, 0.05) is 56.3 Å². The molecule has 2 fully saturated rings. The second kappa shape index (κ2) is 8.42. The highest BCUT2D eigenvalue weighted by Crippen LogP contribution is 2.41. The summed E-state index contributed by atoms with van der Waals surface area (Å²) in [5.74, 6) is 0.880. The topological polar surface area (TPSA) is 92.3 Å². The van der Waals surface area contributed by atoms with Crippen molar-refractivity contribution in [1.29, 1.82) is 0 Å². The van der Waals surface area contributed by atoms with E-state index >= 15 is 0 Å². The highest BCUT2D eigenvalue weighted by molar-refractivity contribution is 7.90. The molecule has 2 heterocycles. The molecule has 1 N–H and O–H groups in total. The quantitative estimate of drug-likeness (QED) is 0.737. The third-order valence-corrected chi connectivity index (χ3v) is 5.68. The molecule has 1 amide bonds. The first-order valence-corrected chi connectivity index (χ1v) is 10.4. The van der Waals surface area contributed by atoms with Crippen molar-refractivity contribution in [2.24, 2.45) is 11.8 Å². The van der Waals surface area contributed by atoms with E-state index in [1.54, 1.807) is 0 Å². The second-order valence-corrected chi connectivity index (χ2v) is 9.26. The van der Waals surface area contributed by atoms with Crippen molar-refractivity contribution >= 4 is 28.2 Å². The largest absolute Gasteiger partial charge is 0.352 e. The van der Waals surface area contributed by atoms with Crippen LogP contribution in [0.1, 0.15) is 24.8 Å². The summed E-state index contributed by atoms with van der Waals surface area (Å²) in [6, 6.07) is 0.106. The van der Waals surface area contributed by atoms with E-state index in [9.17, 15) is 13.2 Å². The van der Waals surface area contributed by atoms with Gasteiger partial charge in [0.1, 0.15) is 16.2 Å². The lowest BCUT2D eigenvalue weighted by atomic mass is 9.98. The van der Waals surface area contributed by atoms with Crippen molar-refractivity contribution in [3.05, 3.63) is 24.3 Å². The Balaban J connectivity index is 0.00000225. The van der Waals surface area contributed by atoms with E-state index in [0.29, 0.717) is 11.8 Å². The van der Waals surface area contributed by atoms with Gasteiger partial charge >= 0.3 is 0 Å². The van der Waals surface area contributed by atoms with Gasteiger partial charge in [0.25, 0.3) is 0 Å². The smallest absolute Gasteiger partial charge is 0.221 e. The van der Waals surface area contributed by atoms with Crippen LogP contribution in [-0.2, 0) is 21.2 Å². The molecule has 0 spiro atoms. The minimum Gasteiger partial charge on any atom is -0.352 e. The summed E-state index contributed by atoms with van der Waals surface area (Å²) in [5, 5.41) is 3.06. The molecule has 0 bridgehead atoms. The van der Waals surface area contributed by atoms with E-state index in [1.807, 2.05) is 12.4 Å². The highest BCUT2D eigenvalue weighted by Gasteiger charge is 2.42. The fourth-order valence-corrected chi connectivity index (χ4v) is 3.98. The number of nitrogens with one attached hydrogen (secondary N) is 1. The van der Waals surface area contributed by atoms with Crippen molar-refractivity contribution in [1.82, 2.24) is 20.2 Å². The molecule has 1 aromatic rings. The molecule has 9 heteroatoms. The van der Waals surface area contributed by atoms with Crippen LogP contribution in [0, 0.1) is 11.8 Å².